The Bertz CT molecular complexity index is 8690. The quantitative estimate of drug-likeness (QED) is 0.0765. The summed E-state index contributed by atoms with van der Waals surface area (Å²) in [6, 6.07) is 59.8. The molecule has 0 amide bonds. The summed E-state index contributed by atoms with van der Waals surface area (Å²) in [7, 11) is 1.48. The maximum atomic E-state index is 14.8. The number of fused-ring (bicyclic) bond motifs is 4. The molecule has 0 aliphatic carbocycles. The van der Waals surface area contributed by atoms with Crippen LogP contribution in [0.2, 0.25) is 27.9 Å². The molecule has 20 aromatic rings. The SMILES string of the molecule is C.COc1cc(-c2ccc(C)cc2F)cc(-c2c([O-])[n+](Cc3cnc(Cl)s3)c3c(C)cccn3c2=O)c1.Cc1ccc(-c2cc(-c3c([O-])[n+](Cc4cnc(Cl)s4)c4c(C)cccn4c3=O)ccc2Cl)c(C)c1.Cc1ccc(-c2cc(C#N)cc(-c3c([O-])[n+](Cc4cnc(Cl)s4)c4c(C)cccn4c3=O)c2)c(Cl)c1.Cc1ccc(-c2cc(C#N)cc(-c3c([O-])[n+](Cc4cnc(Cl)s4)c4c(C)cccn4c3=O)c2)c(F)c1. The van der Waals surface area contributed by atoms with Crippen LogP contribution in [0.5, 0.6) is 29.3 Å². The van der Waals surface area contributed by atoms with Gasteiger partial charge < -0.3 is 25.2 Å². The lowest BCUT2D eigenvalue weighted by Crippen LogP contribution is -2.44. The molecule has 722 valence electrons. The topological polar surface area (TPSA) is 302 Å². The summed E-state index contributed by atoms with van der Waals surface area (Å²) < 4.78 is 48.6. The van der Waals surface area contributed by atoms with E-state index < -0.39 is 46.0 Å². The predicted molar refractivity (Wildman–Crippen MR) is 557 cm³/mol. The number of thiazole rings is 4. The Hall–Kier alpha value is -14.7. The van der Waals surface area contributed by atoms with Crippen molar-refractivity contribution in [2.24, 2.45) is 0 Å². The normalized spacial score (nSPS) is 11.1. The van der Waals surface area contributed by atoms with Crippen LogP contribution in [0.15, 0.2) is 263 Å². The molecule has 35 heteroatoms. The van der Waals surface area contributed by atoms with Crippen molar-refractivity contribution in [2.75, 3.05) is 7.11 Å². The second-order valence-electron chi connectivity index (χ2n) is 33.9. The number of nitriles is 2. The first-order chi connectivity index (χ1) is 68.5. The minimum absolute atomic E-state index is 0. The highest BCUT2D eigenvalue weighted by Crippen LogP contribution is 2.41. The van der Waals surface area contributed by atoms with Crippen LogP contribution in [-0.2, 0) is 26.2 Å². The number of aryl methyl sites for hydroxylation is 9. The molecule has 0 atom stereocenters. The Labute approximate surface area is 869 Å². The Morgan fingerprint density at radius 2 is 0.639 bits per heavy atom. The van der Waals surface area contributed by atoms with E-state index in [9.17, 15) is 58.9 Å². The smallest absolute Gasteiger partial charge is 0.349 e. The largest absolute Gasteiger partial charge is 0.842 e. The molecule has 0 N–H and O–H groups in total. The fourth-order valence-corrected chi connectivity index (χ4v) is 21.9. The zero-order valence-electron chi connectivity index (χ0n) is 77.5. The van der Waals surface area contributed by atoms with E-state index in [-0.39, 0.29) is 84.0 Å². The third-order valence-electron chi connectivity index (χ3n) is 24.0. The highest BCUT2D eigenvalue weighted by Gasteiger charge is 2.31. The molecule has 0 saturated carbocycles. The van der Waals surface area contributed by atoms with Gasteiger partial charge in [0.05, 0.1) is 98.2 Å². The van der Waals surface area contributed by atoms with Gasteiger partial charge in [0.25, 0.3) is 22.6 Å². The van der Waals surface area contributed by atoms with E-state index in [0.717, 1.165) is 80.7 Å². The Morgan fingerprint density at radius 1 is 0.340 bits per heavy atom. The molecular formula is C109H82Cl6F2N14O9S4. The molecule has 12 heterocycles. The first-order valence-corrected chi connectivity index (χ1v) is 49.5. The third-order valence-corrected chi connectivity index (χ3v) is 29.0. The molecule has 0 radical (unpaired) electrons. The number of methoxy groups -OCH3 is 1. The highest BCUT2D eigenvalue weighted by molar-refractivity contribution is 7.16. The molecule has 0 spiro atoms. The fraction of sp³-hybridized carbons (Fsp3) is 0.138. The average Bonchev–Trinajstić information content (AvgIpc) is 0.846. The molecule has 144 heavy (non-hydrogen) atoms. The van der Waals surface area contributed by atoms with Crippen LogP contribution in [0.3, 0.4) is 0 Å². The number of rotatable bonds is 17. The summed E-state index contributed by atoms with van der Waals surface area (Å²) in [5.41, 5.74) is 14.4. The molecule has 20 rings (SSSR count). The van der Waals surface area contributed by atoms with E-state index in [1.54, 1.807) is 180 Å². The lowest BCUT2D eigenvalue weighted by molar-refractivity contribution is -0.708. The standard InChI is InChI=1S/C27H18Cl2N4O2S.C27H21Cl2N3O2S.C27H18ClFN4O2S.C27H21ClFN3O3S.CH4/c1-15-5-6-21(22(28)8-15)18-9-17(12-30)10-19(11-18)23-25(34)32-7-3-4-16(2)24(32)33(26(23)35)14-20-13-31-27(29)36-20;1-15-6-8-20(17(3)11-15)21-12-18(7-9-22(21)28)23-25(33)31-10-4-5-16(2)24(31)32(26(23)34)14-19-13-30-27(29)35-19;1-15-5-6-21(22(29)8-15)18-9-17(12-30)10-19(11-18)23-25(34)32-7-3-4-16(2)24(32)33(26(23)35)14-20-13-31-27(28)36-20;1-15-6-7-21(22(29)9-15)17-10-18(12-19(11-17)35-3)23-25(33)31-8-4-5-16(2)24(31)32(26(23)34)14-20-13-30-27(28)36-20;/h3-11,13H,14H2,1-2H3;4-13H,14H2,1-3H3;3-11,13H,14H2,1-2H3;4-13H,14H2,1-3H3;1H4. The van der Waals surface area contributed by atoms with Gasteiger partial charge in [0.15, 0.2) is 17.9 Å². The van der Waals surface area contributed by atoms with Gasteiger partial charge in [-0.2, -0.15) is 28.1 Å². The van der Waals surface area contributed by atoms with Crippen LogP contribution >= 0.6 is 115 Å². The number of hydrogen-bond donors (Lipinski definition) is 0. The van der Waals surface area contributed by atoms with Gasteiger partial charge in [-0.05, 0) is 263 Å². The van der Waals surface area contributed by atoms with E-state index in [4.69, 9.17) is 74.3 Å². The van der Waals surface area contributed by atoms with Crippen molar-refractivity contribution in [3.63, 3.8) is 0 Å². The lowest BCUT2D eigenvalue weighted by atomic mass is 9.95. The van der Waals surface area contributed by atoms with E-state index in [1.807, 2.05) is 109 Å². The summed E-state index contributed by atoms with van der Waals surface area (Å²) in [5, 5.41) is 76.0. The van der Waals surface area contributed by atoms with E-state index >= 15 is 0 Å². The first-order valence-electron chi connectivity index (χ1n) is 43.9. The molecule has 0 unspecified atom stereocenters. The van der Waals surface area contributed by atoms with Gasteiger partial charge in [-0.25, -0.2) is 66.2 Å². The maximum absolute atomic E-state index is 14.8. The van der Waals surface area contributed by atoms with Crippen molar-refractivity contribution in [3.05, 3.63) is 405 Å². The summed E-state index contributed by atoms with van der Waals surface area (Å²) in [6.45, 7) is 17.7. The van der Waals surface area contributed by atoms with E-state index in [1.165, 1.54) is 98.9 Å². The average molecular weight is 2110 g/mol. The minimum atomic E-state index is -0.525. The molecule has 12 aromatic heterocycles. The predicted octanol–water partition coefficient (Wildman–Crippen LogP) is 21.4. The lowest BCUT2D eigenvalue weighted by Gasteiger charge is -2.18. The first kappa shape index (κ1) is 102. The zero-order chi connectivity index (χ0) is 102. The zero-order valence-corrected chi connectivity index (χ0v) is 85.3. The van der Waals surface area contributed by atoms with Gasteiger partial charge in [0.2, 0.25) is 0 Å². The molecule has 0 fully saturated rings. The molecule has 0 saturated heterocycles. The van der Waals surface area contributed by atoms with Gasteiger partial charge in [-0.1, -0.05) is 143 Å². The maximum Gasteiger partial charge on any atom is 0.349 e. The third kappa shape index (κ3) is 20.8. The Kier molecular flexibility index (Phi) is 30.4. The van der Waals surface area contributed by atoms with Crippen LogP contribution in [0.25, 0.3) is 112 Å². The summed E-state index contributed by atoms with van der Waals surface area (Å²) in [5.74, 6) is -2.29. The van der Waals surface area contributed by atoms with Gasteiger partial charge in [0.1, 0.15) is 65.8 Å². The summed E-state index contributed by atoms with van der Waals surface area (Å²) >= 11 is 42.2. The van der Waals surface area contributed by atoms with Crippen LogP contribution in [0.1, 0.15) is 88.1 Å². The Balaban J connectivity index is 0.000000137. The van der Waals surface area contributed by atoms with Crippen molar-refractivity contribution >= 4 is 138 Å². The fourth-order valence-electron chi connectivity index (χ4n) is 17.4. The van der Waals surface area contributed by atoms with Crippen molar-refractivity contribution in [2.45, 2.75) is 95.9 Å². The second-order valence-corrected chi connectivity index (χ2v) is 41.5. The molecular weight excluding hydrogens is 2030 g/mol. The number of pyridine rings is 4. The number of hydrogen-bond acceptors (Lipinski definition) is 19. The Morgan fingerprint density at radius 3 is 0.958 bits per heavy atom. The summed E-state index contributed by atoms with van der Waals surface area (Å²) in [4.78, 5) is 74.0. The van der Waals surface area contributed by atoms with Gasteiger partial charge in [0, 0.05) is 79.3 Å². The van der Waals surface area contributed by atoms with Crippen molar-refractivity contribution in [1.29, 1.82) is 10.5 Å². The van der Waals surface area contributed by atoms with Crippen molar-refractivity contribution < 1.29 is 52.2 Å². The number of ether oxygens (including phenoxy) is 1. The van der Waals surface area contributed by atoms with E-state index in [0.29, 0.717) is 106 Å². The molecule has 23 nitrogen and oxygen atoms in total. The van der Waals surface area contributed by atoms with Gasteiger partial charge in [-0.3, -0.25) is 0 Å². The van der Waals surface area contributed by atoms with Crippen molar-refractivity contribution in [3.8, 4) is 130 Å². The van der Waals surface area contributed by atoms with Gasteiger partial charge in [-0.15, -0.1) is 45.3 Å². The van der Waals surface area contributed by atoms with Crippen LogP contribution < -0.4 is 65.7 Å². The summed E-state index contributed by atoms with van der Waals surface area (Å²) in [6.07, 6.45) is 13.0. The molecule has 8 aromatic carbocycles. The highest BCUT2D eigenvalue weighted by atomic mass is 35.5. The van der Waals surface area contributed by atoms with Gasteiger partial charge >= 0.3 is 22.2 Å². The number of benzene rings is 8. The molecule has 0 aliphatic heterocycles. The second kappa shape index (κ2) is 42.8. The van der Waals surface area contributed by atoms with Crippen LogP contribution in [0, 0.1) is 96.6 Å². The molecule has 0 aliphatic rings. The number of aromatic nitrogens is 12. The number of halogens is 8. The van der Waals surface area contributed by atoms with Crippen LogP contribution in [-0.4, -0.2) is 44.6 Å². The molecule has 0 bridgehead atoms. The van der Waals surface area contributed by atoms with E-state index in [2.05, 4.69) is 38.1 Å². The number of nitrogens with zero attached hydrogens (tertiary/aromatic N) is 14. The van der Waals surface area contributed by atoms with Crippen molar-refractivity contribution in [1.82, 2.24) is 37.5 Å². The monoisotopic (exact) mass is 2110 g/mol. The van der Waals surface area contributed by atoms with Crippen LogP contribution in [0.4, 0.5) is 8.78 Å². The minimum Gasteiger partial charge on any atom is -0.842 e.